The molecule has 4 saturated carbocycles. The Bertz CT molecular complexity index is 2340. The average molecular weight is 1090 g/mol. The highest BCUT2D eigenvalue weighted by Crippen LogP contribution is 2.76. The summed E-state index contributed by atoms with van der Waals surface area (Å²) in [6.07, 6.45) is -11.1. The molecule has 21 nitrogen and oxygen atoms in total. The maximum absolute atomic E-state index is 15.7. The first-order chi connectivity index (χ1) is 35.7. The number of ether oxygens (including phenoxy) is 11. The van der Waals surface area contributed by atoms with Gasteiger partial charge in [-0.05, 0) is 103 Å². The van der Waals surface area contributed by atoms with Gasteiger partial charge in [0.25, 0.3) is 0 Å². The summed E-state index contributed by atoms with van der Waals surface area (Å²) in [5.41, 5.74) is -1.94. The molecule has 77 heavy (non-hydrogen) atoms. The number of hydrogen-bond acceptors (Lipinski definition) is 21. The Morgan fingerprint density at radius 3 is 1.57 bits per heavy atom. The third-order valence-electron chi connectivity index (χ3n) is 19.2. The van der Waals surface area contributed by atoms with E-state index in [9.17, 15) is 43.8 Å². The van der Waals surface area contributed by atoms with Crippen LogP contribution >= 0.6 is 0 Å². The highest BCUT2D eigenvalue weighted by molar-refractivity contribution is 5.80. The Morgan fingerprint density at radius 1 is 0.532 bits per heavy atom. The van der Waals surface area contributed by atoms with Gasteiger partial charge in [0.05, 0.1) is 12.2 Å². The molecule has 21 heteroatoms. The number of hydrogen-bond donors (Lipinski definition) is 2. The average Bonchev–Trinajstić information content (AvgIpc) is 3.38. The zero-order chi connectivity index (χ0) is 57.1. The Labute approximate surface area is 450 Å². The summed E-state index contributed by atoms with van der Waals surface area (Å²) in [4.78, 5) is 105. The molecule has 0 aromatic carbocycles. The second-order valence-corrected chi connectivity index (χ2v) is 24.9. The minimum atomic E-state index is -1.92. The first kappa shape index (κ1) is 60.0. The monoisotopic (exact) mass is 1090 g/mol. The summed E-state index contributed by atoms with van der Waals surface area (Å²) in [5.74, 6) is -7.11. The van der Waals surface area contributed by atoms with Crippen LogP contribution in [-0.2, 0) is 90.5 Å². The van der Waals surface area contributed by atoms with Crippen LogP contribution in [0.15, 0.2) is 11.6 Å². The molecule has 2 heterocycles. The van der Waals surface area contributed by atoms with Crippen LogP contribution in [-0.4, -0.2) is 145 Å². The van der Waals surface area contributed by atoms with E-state index < -0.39 is 151 Å². The fourth-order valence-corrected chi connectivity index (χ4v) is 15.5. The summed E-state index contributed by atoms with van der Waals surface area (Å²) < 4.78 is 64.9. The smallest absolute Gasteiger partial charge is 0.317 e. The van der Waals surface area contributed by atoms with Crippen molar-refractivity contribution in [2.24, 2.45) is 50.2 Å². The maximum Gasteiger partial charge on any atom is 0.317 e. The molecule has 0 aromatic rings. The summed E-state index contributed by atoms with van der Waals surface area (Å²) in [5, 5.41) is 24.3. The lowest BCUT2D eigenvalue weighted by Crippen LogP contribution is -2.69. The summed E-state index contributed by atoms with van der Waals surface area (Å²) in [6.45, 7) is 21.8. The van der Waals surface area contributed by atoms with Crippen LogP contribution in [0.3, 0.4) is 0 Å². The van der Waals surface area contributed by atoms with Crippen molar-refractivity contribution in [2.75, 3.05) is 13.2 Å². The SMILES string of the molecule is CC(=O)OC[C@H]1O[C@H](O[C@H]2[C@H](OC(C)=O)[C@@H](OC(C)=O)[C@H](OC(=O)[C@]34CCC(C)(C)C[C@H]3C3=CC[C@@H]5[C@@]6(C)CC[C@H](O)C(C)(C)[C@@H]6CC[C@@]5(C)[C@]3(C)C[C@H]4O)O[C@@H]2COC(C)=O)[C@H](OC(C)=O)[C@@H](OC(C)=O)[C@@H]1OC(C)=O. The van der Waals surface area contributed by atoms with Gasteiger partial charge in [-0.15, -0.1) is 0 Å². The van der Waals surface area contributed by atoms with E-state index in [4.69, 9.17) is 52.1 Å². The van der Waals surface area contributed by atoms with E-state index in [2.05, 4.69) is 54.5 Å². The molecule has 0 amide bonds. The van der Waals surface area contributed by atoms with Gasteiger partial charge in [-0.25, -0.2) is 0 Å². The third kappa shape index (κ3) is 11.3. The molecule has 2 saturated heterocycles. The minimum absolute atomic E-state index is 0.0930. The van der Waals surface area contributed by atoms with Gasteiger partial charge in [0, 0.05) is 48.5 Å². The van der Waals surface area contributed by atoms with E-state index in [-0.39, 0.29) is 46.3 Å². The molecule has 0 spiro atoms. The zero-order valence-electron chi connectivity index (χ0n) is 47.2. The Balaban J connectivity index is 1.29. The Kier molecular flexibility index (Phi) is 17.2. The van der Waals surface area contributed by atoms with Gasteiger partial charge in [-0.3, -0.25) is 38.4 Å². The molecule has 0 radical (unpaired) electrons. The van der Waals surface area contributed by atoms with E-state index in [1.54, 1.807) is 0 Å². The van der Waals surface area contributed by atoms with Gasteiger partial charge in [0.15, 0.2) is 30.7 Å². The normalized spacial score (nSPS) is 41.6. The van der Waals surface area contributed by atoms with E-state index in [1.165, 1.54) is 0 Å². The molecule has 0 aromatic heterocycles. The van der Waals surface area contributed by atoms with Crippen LogP contribution in [0.5, 0.6) is 0 Å². The van der Waals surface area contributed by atoms with E-state index >= 15 is 4.79 Å². The zero-order valence-corrected chi connectivity index (χ0v) is 47.2. The summed E-state index contributed by atoms with van der Waals surface area (Å²) in [7, 11) is 0. The fourth-order valence-electron chi connectivity index (χ4n) is 15.5. The lowest BCUT2D eigenvalue weighted by atomic mass is 9.33. The van der Waals surface area contributed by atoms with Gasteiger partial charge >= 0.3 is 47.8 Å². The molecule has 0 bridgehead atoms. The predicted octanol–water partition coefficient (Wildman–Crippen LogP) is 5.28. The lowest BCUT2D eigenvalue weighted by Gasteiger charge is -2.71. The topological polar surface area (TPSA) is 279 Å². The number of allylic oxidation sites excluding steroid dienone is 2. The van der Waals surface area contributed by atoms with Gasteiger partial charge in [-0.1, -0.05) is 60.1 Å². The largest absolute Gasteiger partial charge is 0.463 e. The predicted molar refractivity (Wildman–Crippen MR) is 266 cm³/mol. The number of carbonyl (C=O) groups is 8. The molecule has 0 unspecified atom stereocenters. The van der Waals surface area contributed by atoms with Crippen LogP contribution in [0.4, 0.5) is 0 Å². The van der Waals surface area contributed by atoms with Gasteiger partial charge in [0.2, 0.25) is 12.4 Å². The van der Waals surface area contributed by atoms with Crippen molar-refractivity contribution in [3.05, 3.63) is 11.6 Å². The van der Waals surface area contributed by atoms with Crippen LogP contribution < -0.4 is 0 Å². The van der Waals surface area contributed by atoms with Crippen molar-refractivity contribution in [3.63, 3.8) is 0 Å². The summed E-state index contributed by atoms with van der Waals surface area (Å²) in [6, 6.07) is 0. The molecular formula is C56H82O21. The highest BCUT2D eigenvalue weighted by Gasteiger charge is 2.72. The number of rotatable bonds is 13. The first-order valence-corrected chi connectivity index (χ1v) is 27.1. The third-order valence-corrected chi connectivity index (χ3v) is 19.2. The summed E-state index contributed by atoms with van der Waals surface area (Å²) >= 11 is 0. The standard InChI is InChI=1S/C56H82O21/c1-27(57)67-25-36-42(69-29(3)59)44(70-30(4)60)46(72-32(6)62)48(74-36)76-43-37(26-68-28(2)58)75-49(47(73-33(7)63)45(43)71-31(5)61)77-50(66)56-22-21-51(8,9)23-35(56)34-15-16-39-53(12)19-18-40(64)52(10,11)38(53)17-20-54(39,13)55(34,14)24-41(56)65/h15,35-49,64-65H,16-26H2,1-14H3/t35-,36+,37+,38-,39+,40-,41+,42+,43+,44-,45-,46+,47+,48+,49-,53-,54+,55+,56+/m0/s1. The van der Waals surface area contributed by atoms with Crippen molar-refractivity contribution in [2.45, 2.75) is 228 Å². The van der Waals surface area contributed by atoms with Gasteiger partial charge in [0.1, 0.15) is 36.9 Å². The molecule has 2 aliphatic heterocycles. The van der Waals surface area contributed by atoms with Crippen molar-refractivity contribution < 1.29 is 101 Å². The molecule has 432 valence electrons. The van der Waals surface area contributed by atoms with Gasteiger partial charge < -0.3 is 62.3 Å². The van der Waals surface area contributed by atoms with Gasteiger partial charge in [-0.2, -0.15) is 0 Å². The second-order valence-electron chi connectivity index (χ2n) is 24.9. The number of aliphatic hydroxyl groups is 2. The molecule has 19 atom stereocenters. The van der Waals surface area contributed by atoms with Crippen molar-refractivity contribution >= 4 is 47.8 Å². The molecule has 5 aliphatic carbocycles. The minimum Gasteiger partial charge on any atom is -0.463 e. The molecule has 7 aliphatic rings. The van der Waals surface area contributed by atoms with E-state index in [0.29, 0.717) is 19.3 Å². The van der Waals surface area contributed by atoms with Crippen molar-refractivity contribution in [3.8, 4) is 0 Å². The van der Waals surface area contributed by atoms with E-state index in [0.717, 1.165) is 79.7 Å². The van der Waals surface area contributed by atoms with Crippen LogP contribution in [0.1, 0.15) is 155 Å². The Morgan fingerprint density at radius 2 is 1.03 bits per heavy atom. The molecule has 2 N–H and O–H groups in total. The van der Waals surface area contributed by atoms with Crippen LogP contribution in [0.2, 0.25) is 0 Å². The van der Waals surface area contributed by atoms with Crippen LogP contribution in [0, 0.1) is 50.2 Å². The fraction of sp³-hybridized carbons (Fsp3) is 0.821. The van der Waals surface area contributed by atoms with Crippen LogP contribution in [0.25, 0.3) is 0 Å². The molecular weight excluding hydrogens is 1010 g/mol. The number of carbonyl (C=O) groups excluding carboxylic acids is 8. The quantitative estimate of drug-likeness (QED) is 0.135. The van der Waals surface area contributed by atoms with E-state index in [1.807, 2.05) is 0 Å². The molecule has 6 fully saturated rings. The number of esters is 8. The van der Waals surface area contributed by atoms with Crippen molar-refractivity contribution in [1.82, 2.24) is 0 Å². The number of aliphatic hydroxyl groups excluding tert-OH is 2. The van der Waals surface area contributed by atoms with Crippen molar-refractivity contribution in [1.29, 1.82) is 0 Å². The lowest BCUT2D eigenvalue weighted by molar-refractivity contribution is -0.359. The maximum atomic E-state index is 15.7. The Hall–Kier alpha value is -4.70. The number of fused-ring (bicyclic) bond motifs is 7. The highest BCUT2D eigenvalue weighted by atomic mass is 16.8. The molecule has 7 rings (SSSR count). The second kappa shape index (κ2) is 22.1. The first-order valence-electron chi connectivity index (χ1n) is 27.1.